The van der Waals surface area contributed by atoms with Gasteiger partial charge in [-0.15, -0.1) is 0 Å². The first-order chi connectivity index (χ1) is 7.70. The van der Waals surface area contributed by atoms with Crippen molar-refractivity contribution < 1.29 is 5.11 Å². The molecule has 0 aliphatic heterocycles. The number of nitrogens with zero attached hydrogens (tertiary/aromatic N) is 2. The third kappa shape index (κ3) is 2.32. The maximum Gasteiger partial charge on any atom is 0.195 e. The summed E-state index contributed by atoms with van der Waals surface area (Å²) in [4.78, 5) is 0. The van der Waals surface area contributed by atoms with Crippen LogP contribution in [-0.2, 0) is 13.2 Å². The fraction of sp³-hybridized carbons (Fsp3) is 0.200. The van der Waals surface area contributed by atoms with Crippen molar-refractivity contribution in [3.8, 4) is 0 Å². The van der Waals surface area contributed by atoms with Gasteiger partial charge in [0.05, 0.1) is 6.54 Å². The van der Waals surface area contributed by atoms with E-state index in [-0.39, 0.29) is 6.61 Å². The van der Waals surface area contributed by atoms with Gasteiger partial charge in [0, 0.05) is 5.02 Å². The summed E-state index contributed by atoms with van der Waals surface area (Å²) >= 11 is 10.9. The number of benzene rings is 1. The van der Waals surface area contributed by atoms with Crippen LogP contribution in [0.25, 0.3) is 0 Å². The van der Waals surface area contributed by atoms with Crippen molar-refractivity contribution >= 4 is 23.8 Å². The van der Waals surface area contributed by atoms with E-state index in [0.717, 1.165) is 5.56 Å². The molecular weight excluding hydrogens is 246 g/mol. The number of aromatic amines is 1. The summed E-state index contributed by atoms with van der Waals surface area (Å²) in [5.74, 6) is 0.528. The highest BCUT2D eigenvalue weighted by Crippen LogP contribution is 2.11. The zero-order valence-corrected chi connectivity index (χ0v) is 9.92. The van der Waals surface area contributed by atoms with Gasteiger partial charge in [0.15, 0.2) is 10.6 Å². The number of aliphatic hydroxyl groups is 1. The molecule has 0 saturated carbocycles. The van der Waals surface area contributed by atoms with Crippen LogP contribution in [0.2, 0.25) is 5.02 Å². The van der Waals surface area contributed by atoms with Crippen LogP contribution in [0.5, 0.6) is 0 Å². The van der Waals surface area contributed by atoms with Crippen LogP contribution in [0.1, 0.15) is 11.4 Å². The Labute approximate surface area is 103 Å². The lowest BCUT2D eigenvalue weighted by atomic mass is 10.2. The van der Waals surface area contributed by atoms with Gasteiger partial charge < -0.3 is 5.11 Å². The normalized spacial score (nSPS) is 10.6. The Morgan fingerprint density at radius 3 is 2.69 bits per heavy atom. The number of nitrogens with one attached hydrogen (secondary N) is 1. The molecule has 2 N–H and O–H groups in total. The number of hydrogen-bond acceptors (Lipinski definition) is 3. The SMILES string of the molecule is OCc1n[nH]c(=S)n1Cc1ccc(Cl)cc1. The second-order valence-electron chi connectivity index (χ2n) is 3.32. The second kappa shape index (κ2) is 4.78. The van der Waals surface area contributed by atoms with Crippen molar-refractivity contribution in [3.63, 3.8) is 0 Å². The van der Waals surface area contributed by atoms with E-state index >= 15 is 0 Å². The molecule has 0 spiro atoms. The van der Waals surface area contributed by atoms with Gasteiger partial charge in [-0.2, -0.15) is 5.10 Å². The summed E-state index contributed by atoms with van der Waals surface area (Å²) in [5.41, 5.74) is 1.05. The van der Waals surface area contributed by atoms with E-state index in [9.17, 15) is 0 Å². The summed E-state index contributed by atoms with van der Waals surface area (Å²) in [5, 5.41) is 16.3. The number of aliphatic hydroxyl groups excluding tert-OH is 1. The van der Waals surface area contributed by atoms with Gasteiger partial charge in [-0.25, -0.2) is 0 Å². The van der Waals surface area contributed by atoms with Gasteiger partial charge in [0.25, 0.3) is 0 Å². The van der Waals surface area contributed by atoms with Gasteiger partial charge in [-0.05, 0) is 29.9 Å². The maximum absolute atomic E-state index is 9.08. The highest BCUT2D eigenvalue weighted by Gasteiger charge is 2.05. The second-order valence-corrected chi connectivity index (χ2v) is 4.14. The number of hydrogen-bond donors (Lipinski definition) is 2. The van der Waals surface area contributed by atoms with Crippen molar-refractivity contribution in [2.45, 2.75) is 13.2 Å². The molecule has 0 amide bonds. The molecule has 16 heavy (non-hydrogen) atoms. The first kappa shape index (κ1) is 11.3. The molecule has 0 bridgehead atoms. The van der Waals surface area contributed by atoms with Crippen LogP contribution in [0.15, 0.2) is 24.3 Å². The molecule has 0 unspecified atom stereocenters. The molecule has 0 aliphatic carbocycles. The molecule has 2 rings (SSSR count). The molecule has 0 radical (unpaired) electrons. The third-order valence-electron chi connectivity index (χ3n) is 2.23. The minimum atomic E-state index is -0.138. The van der Waals surface area contributed by atoms with Crippen LogP contribution in [0.3, 0.4) is 0 Å². The summed E-state index contributed by atoms with van der Waals surface area (Å²) < 4.78 is 2.25. The predicted molar refractivity (Wildman–Crippen MR) is 63.9 cm³/mol. The van der Waals surface area contributed by atoms with Gasteiger partial charge in [-0.1, -0.05) is 23.7 Å². The van der Waals surface area contributed by atoms with E-state index in [1.54, 1.807) is 4.57 Å². The minimum Gasteiger partial charge on any atom is -0.388 e. The van der Waals surface area contributed by atoms with Gasteiger partial charge >= 0.3 is 0 Å². The highest BCUT2D eigenvalue weighted by atomic mass is 35.5. The lowest BCUT2D eigenvalue weighted by Gasteiger charge is -2.05. The van der Waals surface area contributed by atoms with Crippen LogP contribution in [0, 0.1) is 4.77 Å². The standard InChI is InChI=1S/C10H10ClN3OS/c11-8-3-1-7(2-4-8)5-14-9(6-15)12-13-10(14)16/h1-4,15H,5-6H2,(H,13,16). The zero-order valence-electron chi connectivity index (χ0n) is 8.35. The Hall–Kier alpha value is -1.17. The monoisotopic (exact) mass is 255 g/mol. The number of H-pyrrole nitrogens is 1. The average Bonchev–Trinajstić information content (AvgIpc) is 2.63. The molecule has 0 aliphatic rings. The molecule has 1 aromatic carbocycles. The Bertz CT molecular complexity index is 532. The van der Waals surface area contributed by atoms with E-state index in [1.807, 2.05) is 24.3 Å². The summed E-state index contributed by atoms with van der Waals surface area (Å²) in [7, 11) is 0. The smallest absolute Gasteiger partial charge is 0.195 e. The Morgan fingerprint density at radius 2 is 2.06 bits per heavy atom. The fourth-order valence-corrected chi connectivity index (χ4v) is 1.75. The van der Waals surface area contributed by atoms with Crippen LogP contribution in [-0.4, -0.2) is 19.9 Å². The number of aromatic nitrogens is 3. The number of rotatable bonds is 3. The third-order valence-corrected chi connectivity index (χ3v) is 2.80. The highest BCUT2D eigenvalue weighted by molar-refractivity contribution is 7.71. The lowest BCUT2D eigenvalue weighted by molar-refractivity contribution is 0.265. The molecule has 84 valence electrons. The van der Waals surface area contributed by atoms with E-state index in [2.05, 4.69) is 10.2 Å². The molecular formula is C10H10ClN3OS. The zero-order chi connectivity index (χ0) is 11.5. The molecule has 1 aromatic heterocycles. The predicted octanol–water partition coefficient (Wildman–Crippen LogP) is 2.13. The average molecular weight is 256 g/mol. The van der Waals surface area contributed by atoms with Crippen LogP contribution < -0.4 is 0 Å². The molecule has 0 fully saturated rings. The molecule has 0 saturated heterocycles. The van der Waals surface area contributed by atoms with E-state index < -0.39 is 0 Å². The molecule has 2 aromatic rings. The summed E-state index contributed by atoms with van der Waals surface area (Å²) in [6.45, 7) is 0.434. The fourth-order valence-electron chi connectivity index (χ4n) is 1.41. The van der Waals surface area contributed by atoms with Crippen molar-refractivity contribution in [2.75, 3.05) is 0 Å². The van der Waals surface area contributed by atoms with Crippen molar-refractivity contribution in [3.05, 3.63) is 45.4 Å². The Kier molecular flexibility index (Phi) is 3.38. The molecule has 6 heteroatoms. The molecule has 4 nitrogen and oxygen atoms in total. The number of halogens is 1. The van der Waals surface area contributed by atoms with Crippen molar-refractivity contribution in [1.82, 2.24) is 14.8 Å². The Morgan fingerprint density at radius 1 is 1.38 bits per heavy atom. The summed E-state index contributed by atoms with van der Waals surface area (Å²) in [6, 6.07) is 7.47. The van der Waals surface area contributed by atoms with E-state index in [4.69, 9.17) is 28.9 Å². The first-order valence-electron chi connectivity index (χ1n) is 4.70. The topological polar surface area (TPSA) is 53.8 Å². The van der Waals surface area contributed by atoms with Crippen molar-refractivity contribution in [2.24, 2.45) is 0 Å². The van der Waals surface area contributed by atoms with E-state index in [1.165, 1.54) is 0 Å². The Balaban J connectivity index is 2.29. The maximum atomic E-state index is 9.08. The van der Waals surface area contributed by atoms with E-state index in [0.29, 0.717) is 22.2 Å². The molecule has 1 heterocycles. The van der Waals surface area contributed by atoms with Gasteiger partial charge in [0.1, 0.15) is 6.61 Å². The lowest BCUT2D eigenvalue weighted by Crippen LogP contribution is -2.05. The van der Waals surface area contributed by atoms with Crippen LogP contribution in [0.4, 0.5) is 0 Å². The van der Waals surface area contributed by atoms with Gasteiger partial charge in [-0.3, -0.25) is 9.67 Å². The van der Waals surface area contributed by atoms with Crippen LogP contribution >= 0.6 is 23.8 Å². The largest absolute Gasteiger partial charge is 0.388 e. The first-order valence-corrected chi connectivity index (χ1v) is 5.48. The minimum absolute atomic E-state index is 0.138. The molecule has 0 atom stereocenters. The summed E-state index contributed by atoms with van der Waals surface area (Å²) in [6.07, 6.45) is 0. The quantitative estimate of drug-likeness (QED) is 0.827. The van der Waals surface area contributed by atoms with Crippen molar-refractivity contribution in [1.29, 1.82) is 0 Å². The van der Waals surface area contributed by atoms with Gasteiger partial charge in [0.2, 0.25) is 0 Å².